The number of hydrogen-bond donors (Lipinski definition) is 1. The SMILES string of the molecule is CCCCN(CCCC)c1nc(C)ccc1CN. The van der Waals surface area contributed by atoms with Crippen molar-refractivity contribution in [2.75, 3.05) is 18.0 Å². The predicted octanol–water partition coefficient (Wildman–Crippen LogP) is 3.26. The third-order valence-electron chi connectivity index (χ3n) is 3.18. The standard InChI is InChI=1S/C15H27N3/c1-4-6-10-18(11-7-5-2)15-14(12-16)9-8-13(3)17-15/h8-9H,4-7,10-12,16H2,1-3H3. The summed E-state index contributed by atoms with van der Waals surface area (Å²) in [6.45, 7) is 9.23. The van der Waals surface area contributed by atoms with Crippen LogP contribution in [-0.4, -0.2) is 18.1 Å². The number of rotatable bonds is 8. The molecule has 0 saturated heterocycles. The molecule has 1 aromatic heterocycles. The van der Waals surface area contributed by atoms with Gasteiger partial charge in [0.15, 0.2) is 0 Å². The summed E-state index contributed by atoms with van der Waals surface area (Å²) in [5.41, 5.74) is 8.06. The first-order valence-corrected chi connectivity index (χ1v) is 7.14. The predicted molar refractivity (Wildman–Crippen MR) is 78.9 cm³/mol. The van der Waals surface area contributed by atoms with Gasteiger partial charge in [0, 0.05) is 30.9 Å². The maximum atomic E-state index is 5.83. The molecule has 1 rings (SSSR count). The fourth-order valence-corrected chi connectivity index (χ4v) is 2.03. The van der Waals surface area contributed by atoms with Crippen molar-refractivity contribution in [1.82, 2.24) is 4.98 Å². The second-order valence-corrected chi connectivity index (χ2v) is 4.83. The maximum Gasteiger partial charge on any atom is 0.133 e. The first-order chi connectivity index (χ1) is 8.72. The van der Waals surface area contributed by atoms with Gasteiger partial charge in [-0.1, -0.05) is 32.8 Å². The Morgan fingerprint density at radius 3 is 2.22 bits per heavy atom. The molecule has 0 aliphatic heterocycles. The van der Waals surface area contributed by atoms with Crippen LogP contribution in [0, 0.1) is 6.92 Å². The lowest BCUT2D eigenvalue weighted by Gasteiger charge is -2.26. The molecule has 0 aliphatic rings. The van der Waals surface area contributed by atoms with Gasteiger partial charge in [-0.05, 0) is 25.8 Å². The van der Waals surface area contributed by atoms with Gasteiger partial charge < -0.3 is 10.6 Å². The number of pyridine rings is 1. The summed E-state index contributed by atoms with van der Waals surface area (Å²) in [5, 5.41) is 0. The Hall–Kier alpha value is -1.09. The molecule has 0 radical (unpaired) electrons. The Kier molecular flexibility index (Phi) is 6.73. The molecule has 18 heavy (non-hydrogen) atoms. The van der Waals surface area contributed by atoms with Gasteiger partial charge in [-0.15, -0.1) is 0 Å². The smallest absolute Gasteiger partial charge is 0.133 e. The van der Waals surface area contributed by atoms with Gasteiger partial charge in [-0.25, -0.2) is 4.98 Å². The fraction of sp³-hybridized carbons (Fsp3) is 0.667. The monoisotopic (exact) mass is 249 g/mol. The molecule has 0 unspecified atom stereocenters. The van der Waals surface area contributed by atoms with Crippen molar-refractivity contribution in [2.24, 2.45) is 5.73 Å². The second kappa shape index (κ2) is 8.09. The zero-order valence-electron chi connectivity index (χ0n) is 12.1. The number of anilines is 1. The summed E-state index contributed by atoms with van der Waals surface area (Å²) in [4.78, 5) is 7.10. The van der Waals surface area contributed by atoms with Crippen LogP contribution < -0.4 is 10.6 Å². The Labute approximate surface area is 111 Å². The van der Waals surface area contributed by atoms with Crippen LogP contribution in [0.3, 0.4) is 0 Å². The highest BCUT2D eigenvalue weighted by atomic mass is 15.2. The number of hydrogen-bond acceptors (Lipinski definition) is 3. The normalized spacial score (nSPS) is 10.7. The highest BCUT2D eigenvalue weighted by molar-refractivity contribution is 5.47. The third-order valence-corrected chi connectivity index (χ3v) is 3.18. The van der Waals surface area contributed by atoms with Crippen LogP contribution in [-0.2, 0) is 6.54 Å². The van der Waals surface area contributed by atoms with E-state index in [1.54, 1.807) is 0 Å². The van der Waals surface area contributed by atoms with E-state index in [0.29, 0.717) is 6.54 Å². The van der Waals surface area contributed by atoms with E-state index in [-0.39, 0.29) is 0 Å². The largest absolute Gasteiger partial charge is 0.356 e. The molecule has 1 aromatic rings. The van der Waals surface area contributed by atoms with Gasteiger partial charge in [0.25, 0.3) is 0 Å². The Bertz CT molecular complexity index is 342. The molecule has 2 N–H and O–H groups in total. The van der Waals surface area contributed by atoms with Crippen LogP contribution in [0.15, 0.2) is 12.1 Å². The fourth-order valence-electron chi connectivity index (χ4n) is 2.03. The van der Waals surface area contributed by atoms with E-state index < -0.39 is 0 Å². The van der Waals surface area contributed by atoms with Crippen LogP contribution in [0.1, 0.15) is 50.8 Å². The molecular formula is C15H27N3. The summed E-state index contributed by atoms with van der Waals surface area (Å²) in [7, 11) is 0. The number of unbranched alkanes of at least 4 members (excludes halogenated alkanes) is 2. The number of aromatic nitrogens is 1. The van der Waals surface area contributed by atoms with E-state index in [4.69, 9.17) is 10.7 Å². The van der Waals surface area contributed by atoms with Gasteiger partial charge in [0.1, 0.15) is 5.82 Å². The van der Waals surface area contributed by atoms with Gasteiger partial charge in [0.2, 0.25) is 0 Å². The number of nitrogens with two attached hydrogens (primary N) is 1. The van der Waals surface area contributed by atoms with E-state index in [1.807, 2.05) is 13.0 Å². The minimum Gasteiger partial charge on any atom is -0.356 e. The minimum atomic E-state index is 0.567. The molecule has 0 fully saturated rings. The van der Waals surface area contributed by atoms with Crippen molar-refractivity contribution >= 4 is 5.82 Å². The quantitative estimate of drug-likeness (QED) is 0.769. The molecule has 1 heterocycles. The van der Waals surface area contributed by atoms with Crippen LogP contribution in [0.4, 0.5) is 5.82 Å². The molecule has 0 atom stereocenters. The first-order valence-electron chi connectivity index (χ1n) is 7.14. The number of nitrogens with zero attached hydrogens (tertiary/aromatic N) is 2. The van der Waals surface area contributed by atoms with Crippen molar-refractivity contribution < 1.29 is 0 Å². The van der Waals surface area contributed by atoms with Crippen molar-refractivity contribution in [3.8, 4) is 0 Å². The van der Waals surface area contributed by atoms with Crippen molar-refractivity contribution in [3.63, 3.8) is 0 Å². The van der Waals surface area contributed by atoms with Gasteiger partial charge >= 0.3 is 0 Å². The minimum absolute atomic E-state index is 0.567. The zero-order chi connectivity index (χ0) is 13.4. The van der Waals surface area contributed by atoms with Crippen molar-refractivity contribution in [3.05, 3.63) is 23.4 Å². The lowest BCUT2D eigenvalue weighted by molar-refractivity contribution is 0.667. The zero-order valence-corrected chi connectivity index (χ0v) is 12.1. The molecular weight excluding hydrogens is 222 g/mol. The molecule has 0 bridgehead atoms. The van der Waals surface area contributed by atoms with Crippen LogP contribution in [0.5, 0.6) is 0 Å². The summed E-state index contributed by atoms with van der Waals surface area (Å²) < 4.78 is 0. The first kappa shape index (κ1) is 15.0. The molecule has 0 amide bonds. The molecule has 3 heteroatoms. The lowest BCUT2D eigenvalue weighted by atomic mass is 10.2. The van der Waals surface area contributed by atoms with Gasteiger partial charge in [0.05, 0.1) is 0 Å². The van der Waals surface area contributed by atoms with Crippen LogP contribution >= 0.6 is 0 Å². The van der Waals surface area contributed by atoms with E-state index in [2.05, 4.69) is 24.8 Å². The molecule has 0 aliphatic carbocycles. The van der Waals surface area contributed by atoms with E-state index in [9.17, 15) is 0 Å². The molecule has 102 valence electrons. The molecule has 0 aromatic carbocycles. The van der Waals surface area contributed by atoms with Crippen molar-refractivity contribution in [2.45, 2.75) is 53.0 Å². The average Bonchev–Trinajstić information content (AvgIpc) is 2.39. The van der Waals surface area contributed by atoms with Crippen molar-refractivity contribution in [1.29, 1.82) is 0 Å². The van der Waals surface area contributed by atoms with Crippen LogP contribution in [0.2, 0.25) is 0 Å². The number of aryl methyl sites for hydroxylation is 1. The lowest BCUT2D eigenvalue weighted by Crippen LogP contribution is -2.28. The van der Waals surface area contributed by atoms with E-state index >= 15 is 0 Å². The van der Waals surface area contributed by atoms with E-state index in [1.165, 1.54) is 25.7 Å². The average molecular weight is 249 g/mol. The molecule has 3 nitrogen and oxygen atoms in total. The highest BCUT2D eigenvalue weighted by Gasteiger charge is 2.11. The van der Waals surface area contributed by atoms with Gasteiger partial charge in [-0.3, -0.25) is 0 Å². The second-order valence-electron chi connectivity index (χ2n) is 4.83. The maximum absolute atomic E-state index is 5.83. The molecule has 0 spiro atoms. The topological polar surface area (TPSA) is 42.2 Å². The Morgan fingerprint density at radius 2 is 1.72 bits per heavy atom. The summed E-state index contributed by atoms with van der Waals surface area (Å²) in [6.07, 6.45) is 4.85. The Morgan fingerprint density at radius 1 is 1.11 bits per heavy atom. The third kappa shape index (κ3) is 4.30. The summed E-state index contributed by atoms with van der Waals surface area (Å²) >= 11 is 0. The summed E-state index contributed by atoms with van der Waals surface area (Å²) in [6, 6.07) is 4.16. The van der Waals surface area contributed by atoms with Gasteiger partial charge in [-0.2, -0.15) is 0 Å². The summed E-state index contributed by atoms with van der Waals surface area (Å²) in [5.74, 6) is 1.10. The van der Waals surface area contributed by atoms with E-state index in [0.717, 1.165) is 30.2 Å². The Balaban J connectivity index is 2.90. The highest BCUT2D eigenvalue weighted by Crippen LogP contribution is 2.19. The molecule has 0 saturated carbocycles. The van der Waals surface area contributed by atoms with Crippen LogP contribution in [0.25, 0.3) is 0 Å².